The van der Waals surface area contributed by atoms with Crippen LogP contribution in [0.5, 0.6) is 17.5 Å². The summed E-state index contributed by atoms with van der Waals surface area (Å²) >= 11 is 0. The number of ether oxygens (including phenoxy) is 3. The predicted octanol–water partition coefficient (Wildman–Crippen LogP) is 2.79. The fraction of sp³-hybridized carbons (Fsp3) is 0.450. The van der Waals surface area contributed by atoms with Crippen LogP contribution >= 0.6 is 0 Å². The van der Waals surface area contributed by atoms with Crippen LogP contribution in [0.4, 0.5) is 0 Å². The van der Waals surface area contributed by atoms with Crippen LogP contribution in [0.1, 0.15) is 34.6 Å². The molecule has 0 bridgehead atoms. The molecule has 0 saturated carbocycles. The number of amides is 1. The summed E-state index contributed by atoms with van der Waals surface area (Å²) < 4.78 is 16.7. The van der Waals surface area contributed by atoms with Crippen LogP contribution in [0, 0.1) is 13.8 Å². The predicted molar refractivity (Wildman–Crippen MR) is 101 cm³/mol. The number of aromatic nitrogens is 2. The standard InChI is InChI=1S/C20H25N3O4/c1-13-11-14(2)22-20(21-13)27-15-7-6-10-23(12-15)19(24)16-8-5-9-17(25-3)18(16)26-4/h5,8-9,11,15H,6-7,10,12H2,1-4H3. The zero-order valence-electron chi connectivity index (χ0n) is 16.2. The Bertz CT molecular complexity index is 805. The fourth-order valence-corrected chi connectivity index (χ4v) is 3.34. The largest absolute Gasteiger partial charge is 0.493 e. The van der Waals surface area contributed by atoms with Crippen LogP contribution < -0.4 is 14.2 Å². The Hall–Kier alpha value is -2.83. The first-order valence-electron chi connectivity index (χ1n) is 9.01. The summed E-state index contributed by atoms with van der Waals surface area (Å²) in [5, 5.41) is 0. The zero-order valence-corrected chi connectivity index (χ0v) is 16.2. The van der Waals surface area contributed by atoms with E-state index in [1.807, 2.05) is 19.9 Å². The molecule has 0 spiro atoms. The van der Waals surface area contributed by atoms with Gasteiger partial charge in [0.05, 0.1) is 26.3 Å². The second-order valence-electron chi connectivity index (χ2n) is 6.61. The van der Waals surface area contributed by atoms with E-state index in [1.54, 1.807) is 30.2 Å². The third kappa shape index (κ3) is 4.30. The SMILES string of the molecule is COc1cccc(C(=O)N2CCCC(Oc3nc(C)cc(C)n3)C2)c1OC. The smallest absolute Gasteiger partial charge is 0.317 e. The highest BCUT2D eigenvalue weighted by molar-refractivity contribution is 5.98. The second-order valence-corrected chi connectivity index (χ2v) is 6.61. The van der Waals surface area contributed by atoms with Crippen LogP contribution in [0.2, 0.25) is 0 Å². The van der Waals surface area contributed by atoms with Gasteiger partial charge in [-0.05, 0) is 44.9 Å². The first-order valence-corrected chi connectivity index (χ1v) is 9.01. The van der Waals surface area contributed by atoms with Gasteiger partial charge in [-0.25, -0.2) is 9.97 Å². The first kappa shape index (κ1) is 18.9. The highest BCUT2D eigenvalue weighted by Gasteiger charge is 2.28. The molecule has 0 aliphatic carbocycles. The molecule has 144 valence electrons. The van der Waals surface area contributed by atoms with Gasteiger partial charge >= 0.3 is 6.01 Å². The summed E-state index contributed by atoms with van der Waals surface area (Å²) in [6.45, 7) is 4.98. The maximum absolute atomic E-state index is 13.1. The van der Waals surface area contributed by atoms with Crippen molar-refractivity contribution in [1.82, 2.24) is 14.9 Å². The molecule has 1 aliphatic heterocycles. The molecule has 1 fully saturated rings. The summed E-state index contributed by atoms with van der Waals surface area (Å²) in [7, 11) is 3.09. The van der Waals surface area contributed by atoms with Crippen molar-refractivity contribution in [2.45, 2.75) is 32.8 Å². The Morgan fingerprint density at radius 1 is 1.15 bits per heavy atom. The first-order chi connectivity index (χ1) is 13.0. The van der Waals surface area contributed by atoms with Gasteiger partial charge in [0.25, 0.3) is 5.91 Å². The Balaban J connectivity index is 1.75. The topological polar surface area (TPSA) is 73.8 Å². The molecule has 3 rings (SSSR count). The third-order valence-corrected chi connectivity index (χ3v) is 4.53. The molecule has 7 heteroatoms. The van der Waals surface area contributed by atoms with Crippen molar-refractivity contribution in [3.63, 3.8) is 0 Å². The molecular weight excluding hydrogens is 346 g/mol. The molecule has 0 N–H and O–H groups in total. The van der Waals surface area contributed by atoms with E-state index in [9.17, 15) is 4.79 Å². The third-order valence-electron chi connectivity index (χ3n) is 4.53. The summed E-state index contributed by atoms with van der Waals surface area (Å²) in [6.07, 6.45) is 1.57. The monoisotopic (exact) mass is 371 g/mol. The molecule has 1 aromatic carbocycles. The number of nitrogens with zero attached hydrogens (tertiary/aromatic N) is 3. The molecule has 1 unspecified atom stereocenters. The molecule has 1 amide bonds. The lowest BCUT2D eigenvalue weighted by molar-refractivity contribution is 0.0511. The number of carbonyl (C=O) groups is 1. The quantitative estimate of drug-likeness (QED) is 0.805. The molecular formula is C20H25N3O4. The van der Waals surface area contributed by atoms with Crippen LogP contribution in [0.25, 0.3) is 0 Å². The summed E-state index contributed by atoms with van der Waals surface area (Å²) in [6, 6.07) is 7.58. The van der Waals surface area contributed by atoms with Crippen molar-refractivity contribution in [2.24, 2.45) is 0 Å². The lowest BCUT2D eigenvalue weighted by atomic mass is 10.1. The number of likely N-dealkylation sites (tertiary alicyclic amines) is 1. The Kier molecular flexibility index (Phi) is 5.78. The normalized spacial score (nSPS) is 16.7. The minimum absolute atomic E-state index is 0.0969. The minimum Gasteiger partial charge on any atom is -0.493 e. The molecule has 1 aliphatic rings. The molecule has 2 heterocycles. The van der Waals surface area contributed by atoms with Gasteiger partial charge in [0, 0.05) is 17.9 Å². The van der Waals surface area contributed by atoms with E-state index < -0.39 is 0 Å². The number of hydrogen-bond donors (Lipinski definition) is 0. The molecule has 1 atom stereocenters. The number of hydrogen-bond acceptors (Lipinski definition) is 6. The van der Waals surface area contributed by atoms with E-state index in [0.29, 0.717) is 36.2 Å². The van der Waals surface area contributed by atoms with E-state index in [2.05, 4.69) is 9.97 Å². The van der Waals surface area contributed by atoms with Gasteiger partial charge in [0.15, 0.2) is 11.5 Å². The number of carbonyl (C=O) groups excluding carboxylic acids is 1. The van der Waals surface area contributed by atoms with Crippen molar-refractivity contribution in [2.75, 3.05) is 27.3 Å². The number of benzene rings is 1. The Labute approximate surface area is 159 Å². The second kappa shape index (κ2) is 8.24. The molecule has 0 radical (unpaired) electrons. The fourth-order valence-electron chi connectivity index (χ4n) is 3.34. The number of methoxy groups -OCH3 is 2. The van der Waals surface area contributed by atoms with Gasteiger partial charge in [0.1, 0.15) is 6.10 Å². The van der Waals surface area contributed by atoms with Crippen LogP contribution in [-0.4, -0.2) is 54.2 Å². The van der Waals surface area contributed by atoms with Crippen LogP contribution in [0.3, 0.4) is 0 Å². The maximum atomic E-state index is 13.1. The van der Waals surface area contributed by atoms with E-state index >= 15 is 0 Å². The number of para-hydroxylation sites is 1. The highest BCUT2D eigenvalue weighted by Crippen LogP contribution is 2.32. The van der Waals surface area contributed by atoms with Gasteiger partial charge in [-0.3, -0.25) is 4.79 Å². The van der Waals surface area contributed by atoms with Crippen molar-refractivity contribution in [3.05, 3.63) is 41.2 Å². The van der Waals surface area contributed by atoms with E-state index in [-0.39, 0.29) is 12.0 Å². The van der Waals surface area contributed by atoms with Gasteiger partial charge in [-0.2, -0.15) is 0 Å². The van der Waals surface area contributed by atoms with Gasteiger partial charge < -0.3 is 19.1 Å². The summed E-state index contributed by atoms with van der Waals surface area (Å²) in [5.74, 6) is 0.892. The summed E-state index contributed by atoms with van der Waals surface area (Å²) in [5.41, 5.74) is 2.21. The van der Waals surface area contributed by atoms with E-state index in [0.717, 1.165) is 24.2 Å². The lowest BCUT2D eigenvalue weighted by Crippen LogP contribution is -2.44. The average molecular weight is 371 g/mol. The average Bonchev–Trinajstić information content (AvgIpc) is 2.66. The van der Waals surface area contributed by atoms with Gasteiger partial charge in [-0.1, -0.05) is 6.07 Å². The van der Waals surface area contributed by atoms with Crippen LogP contribution in [-0.2, 0) is 0 Å². The van der Waals surface area contributed by atoms with E-state index in [1.165, 1.54) is 7.11 Å². The Morgan fingerprint density at radius 3 is 2.56 bits per heavy atom. The van der Waals surface area contributed by atoms with Crippen molar-refractivity contribution < 1.29 is 19.0 Å². The Morgan fingerprint density at radius 2 is 1.89 bits per heavy atom. The molecule has 2 aromatic rings. The van der Waals surface area contributed by atoms with Crippen molar-refractivity contribution in [1.29, 1.82) is 0 Å². The van der Waals surface area contributed by atoms with Gasteiger partial charge in [0.2, 0.25) is 0 Å². The number of aryl methyl sites for hydroxylation is 2. The number of rotatable bonds is 5. The van der Waals surface area contributed by atoms with Crippen molar-refractivity contribution in [3.8, 4) is 17.5 Å². The van der Waals surface area contributed by atoms with E-state index in [4.69, 9.17) is 14.2 Å². The van der Waals surface area contributed by atoms with Crippen molar-refractivity contribution >= 4 is 5.91 Å². The lowest BCUT2D eigenvalue weighted by Gasteiger charge is -2.32. The maximum Gasteiger partial charge on any atom is 0.317 e. The zero-order chi connectivity index (χ0) is 19.4. The molecule has 1 aromatic heterocycles. The molecule has 7 nitrogen and oxygen atoms in total. The van der Waals surface area contributed by atoms with Gasteiger partial charge in [-0.15, -0.1) is 0 Å². The summed E-state index contributed by atoms with van der Waals surface area (Å²) in [4.78, 5) is 23.5. The molecule has 1 saturated heterocycles. The number of piperidine rings is 1. The van der Waals surface area contributed by atoms with Crippen LogP contribution in [0.15, 0.2) is 24.3 Å². The molecule has 27 heavy (non-hydrogen) atoms. The minimum atomic E-state index is -0.138. The highest BCUT2D eigenvalue weighted by atomic mass is 16.5.